The molecule has 0 aromatic carbocycles. The van der Waals surface area contributed by atoms with Crippen LogP contribution in [0.25, 0.3) is 0 Å². The topological polar surface area (TPSA) is 96.6 Å². The molecule has 7 nitrogen and oxygen atoms in total. The summed E-state index contributed by atoms with van der Waals surface area (Å²) in [5.41, 5.74) is -0.441. The Morgan fingerprint density at radius 2 is 2.44 bits per heavy atom. The molecule has 3 atom stereocenters. The third-order valence-corrected chi connectivity index (χ3v) is 2.88. The van der Waals surface area contributed by atoms with Gasteiger partial charge in [0, 0.05) is 19.2 Å². The average Bonchev–Trinajstić information content (AvgIpc) is 2.71. The summed E-state index contributed by atoms with van der Waals surface area (Å²) in [4.78, 5) is 15.6. The zero-order chi connectivity index (χ0) is 13.1. The van der Waals surface area contributed by atoms with Gasteiger partial charge in [-0.05, 0) is 13.0 Å². The van der Waals surface area contributed by atoms with Crippen LogP contribution in [0.4, 0.5) is 5.82 Å². The van der Waals surface area contributed by atoms with E-state index in [0.717, 1.165) is 0 Å². The van der Waals surface area contributed by atoms with Gasteiger partial charge in [-0.15, -0.1) is 0 Å². The van der Waals surface area contributed by atoms with Crippen molar-refractivity contribution in [3.05, 3.63) is 22.7 Å². The summed E-state index contributed by atoms with van der Waals surface area (Å²) >= 11 is 0. The van der Waals surface area contributed by atoms with Gasteiger partial charge in [0.2, 0.25) is 0 Å². The van der Waals surface area contributed by atoms with Crippen LogP contribution in [-0.2, 0) is 4.74 Å². The fraction of sp³-hybridized carbons (Fsp3) is 0.636. The van der Waals surface area contributed by atoms with E-state index in [1.807, 2.05) is 6.92 Å². The van der Waals surface area contributed by atoms with Gasteiger partial charge in [0.1, 0.15) is 18.1 Å². The summed E-state index contributed by atoms with van der Waals surface area (Å²) < 4.78 is 6.71. The number of nitrogens with zero attached hydrogens (tertiary/aromatic N) is 2. The molecule has 0 unspecified atom stereocenters. The molecule has 0 spiro atoms. The predicted octanol–water partition coefficient (Wildman–Crippen LogP) is -0.684. The molecule has 1 saturated heterocycles. The quantitative estimate of drug-likeness (QED) is 0.659. The number of rotatable bonds is 4. The molecule has 0 radical (unpaired) electrons. The largest absolute Gasteiger partial charge is 0.394 e. The van der Waals surface area contributed by atoms with Crippen LogP contribution in [0.5, 0.6) is 0 Å². The van der Waals surface area contributed by atoms with Gasteiger partial charge in [0.05, 0.1) is 12.7 Å². The maximum Gasteiger partial charge on any atom is 0.351 e. The van der Waals surface area contributed by atoms with Crippen molar-refractivity contribution in [2.45, 2.75) is 31.8 Å². The van der Waals surface area contributed by atoms with E-state index in [-0.39, 0.29) is 13.0 Å². The third kappa shape index (κ3) is 2.53. The number of hydrogen-bond acceptors (Lipinski definition) is 6. The van der Waals surface area contributed by atoms with Crippen molar-refractivity contribution < 1.29 is 14.9 Å². The van der Waals surface area contributed by atoms with Gasteiger partial charge in [-0.1, -0.05) is 0 Å². The monoisotopic (exact) mass is 255 g/mol. The Morgan fingerprint density at radius 3 is 3.00 bits per heavy atom. The van der Waals surface area contributed by atoms with Gasteiger partial charge < -0.3 is 20.3 Å². The van der Waals surface area contributed by atoms with Crippen molar-refractivity contribution in [1.29, 1.82) is 0 Å². The van der Waals surface area contributed by atoms with Crippen LogP contribution < -0.4 is 11.0 Å². The fourth-order valence-corrected chi connectivity index (χ4v) is 1.96. The lowest BCUT2D eigenvalue weighted by molar-refractivity contribution is -0.0458. The highest BCUT2D eigenvalue weighted by Gasteiger charge is 2.34. The van der Waals surface area contributed by atoms with Crippen LogP contribution in [0, 0.1) is 0 Å². The smallest absolute Gasteiger partial charge is 0.351 e. The molecular formula is C11H17N3O4. The highest BCUT2D eigenvalue weighted by molar-refractivity contribution is 5.31. The summed E-state index contributed by atoms with van der Waals surface area (Å²) in [6.45, 7) is 2.33. The Morgan fingerprint density at radius 1 is 1.67 bits per heavy atom. The van der Waals surface area contributed by atoms with E-state index in [2.05, 4.69) is 10.3 Å². The molecule has 0 amide bonds. The molecule has 0 aliphatic carbocycles. The Bertz CT molecular complexity index is 462. The summed E-state index contributed by atoms with van der Waals surface area (Å²) in [5.74, 6) is 0.510. The van der Waals surface area contributed by atoms with E-state index in [9.17, 15) is 9.90 Å². The normalized spacial score (nSPS) is 27.4. The van der Waals surface area contributed by atoms with E-state index in [1.165, 1.54) is 4.57 Å². The minimum absolute atomic E-state index is 0.269. The van der Waals surface area contributed by atoms with Crippen LogP contribution >= 0.6 is 0 Å². The second-order valence-electron chi connectivity index (χ2n) is 4.15. The molecule has 0 saturated carbocycles. The summed E-state index contributed by atoms with van der Waals surface area (Å²) in [6.07, 6.45) is -0.138. The number of hydrogen-bond donors (Lipinski definition) is 3. The lowest BCUT2D eigenvalue weighted by Crippen LogP contribution is -2.28. The standard InChI is InChI=1S/C11H17N3O4/c1-2-12-9-3-4-14(11(17)13-9)10-5-7(16)8(6-15)18-10/h3-4,7-8,10,15-16H,2,5-6H2,1H3,(H,12,13,17)/t7-,8+,10+/m1/s1. The van der Waals surface area contributed by atoms with Crippen LogP contribution in [0.15, 0.2) is 17.1 Å². The number of ether oxygens (including phenoxy) is 1. The molecule has 1 fully saturated rings. The second-order valence-corrected chi connectivity index (χ2v) is 4.15. The first kappa shape index (κ1) is 13.0. The van der Waals surface area contributed by atoms with Gasteiger partial charge in [-0.3, -0.25) is 4.57 Å². The van der Waals surface area contributed by atoms with E-state index in [1.54, 1.807) is 12.3 Å². The minimum atomic E-state index is -0.764. The molecule has 3 N–H and O–H groups in total. The van der Waals surface area contributed by atoms with E-state index >= 15 is 0 Å². The summed E-state index contributed by atoms with van der Waals surface area (Å²) in [6, 6.07) is 1.67. The van der Waals surface area contributed by atoms with Crippen molar-refractivity contribution in [3.63, 3.8) is 0 Å². The first-order chi connectivity index (χ1) is 8.65. The molecule has 1 aromatic heterocycles. The van der Waals surface area contributed by atoms with E-state index in [4.69, 9.17) is 9.84 Å². The number of nitrogens with one attached hydrogen (secondary N) is 1. The van der Waals surface area contributed by atoms with Crippen molar-refractivity contribution in [1.82, 2.24) is 9.55 Å². The van der Waals surface area contributed by atoms with Crippen LogP contribution in [0.1, 0.15) is 19.6 Å². The van der Waals surface area contributed by atoms with Gasteiger partial charge in [0.25, 0.3) is 0 Å². The van der Waals surface area contributed by atoms with Gasteiger partial charge >= 0.3 is 5.69 Å². The zero-order valence-corrected chi connectivity index (χ0v) is 10.1. The van der Waals surface area contributed by atoms with Gasteiger partial charge in [-0.25, -0.2) is 4.79 Å². The number of aliphatic hydroxyl groups is 2. The Kier molecular flexibility index (Phi) is 3.95. The average molecular weight is 255 g/mol. The first-order valence-corrected chi connectivity index (χ1v) is 5.93. The molecule has 1 aliphatic rings. The lowest BCUT2D eigenvalue weighted by Gasteiger charge is -2.14. The Balaban J connectivity index is 2.17. The molecule has 2 heterocycles. The van der Waals surface area contributed by atoms with Crippen LogP contribution in [-0.4, -0.2) is 45.1 Å². The number of aliphatic hydroxyl groups excluding tert-OH is 2. The SMILES string of the molecule is CCNc1ccn([C@@H]2C[C@@H](O)[C@H](CO)O2)c(=O)n1. The molecule has 1 aliphatic heterocycles. The lowest BCUT2D eigenvalue weighted by atomic mass is 10.2. The zero-order valence-electron chi connectivity index (χ0n) is 10.1. The van der Waals surface area contributed by atoms with Crippen molar-refractivity contribution in [2.75, 3.05) is 18.5 Å². The predicted molar refractivity (Wildman–Crippen MR) is 64.3 cm³/mol. The maximum absolute atomic E-state index is 11.8. The van der Waals surface area contributed by atoms with Crippen LogP contribution in [0.2, 0.25) is 0 Å². The Labute approximate surface area is 104 Å². The third-order valence-electron chi connectivity index (χ3n) is 2.88. The van der Waals surface area contributed by atoms with E-state index in [0.29, 0.717) is 12.4 Å². The van der Waals surface area contributed by atoms with Gasteiger partial charge in [0.15, 0.2) is 0 Å². The highest BCUT2D eigenvalue weighted by Crippen LogP contribution is 2.27. The van der Waals surface area contributed by atoms with Crippen LogP contribution in [0.3, 0.4) is 0 Å². The van der Waals surface area contributed by atoms with Gasteiger partial charge in [-0.2, -0.15) is 4.98 Å². The highest BCUT2D eigenvalue weighted by atomic mass is 16.5. The van der Waals surface area contributed by atoms with Crippen molar-refractivity contribution in [2.24, 2.45) is 0 Å². The molecule has 1 aromatic rings. The molecular weight excluding hydrogens is 238 g/mol. The van der Waals surface area contributed by atoms with E-state index < -0.39 is 24.1 Å². The van der Waals surface area contributed by atoms with Crippen molar-refractivity contribution >= 4 is 5.82 Å². The molecule has 18 heavy (non-hydrogen) atoms. The number of anilines is 1. The molecule has 100 valence electrons. The molecule has 2 rings (SSSR count). The summed E-state index contributed by atoms with van der Waals surface area (Å²) in [5, 5.41) is 21.5. The Hall–Kier alpha value is -1.44. The van der Waals surface area contributed by atoms with Crippen molar-refractivity contribution in [3.8, 4) is 0 Å². The maximum atomic E-state index is 11.8. The minimum Gasteiger partial charge on any atom is -0.394 e. The summed E-state index contributed by atoms with van der Waals surface area (Å²) in [7, 11) is 0. The fourth-order valence-electron chi connectivity index (χ4n) is 1.96. The molecule has 7 heteroatoms. The second kappa shape index (κ2) is 5.47. The first-order valence-electron chi connectivity index (χ1n) is 5.93. The molecule has 0 bridgehead atoms. The number of aromatic nitrogens is 2.